The van der Waals surface area contributed by atoms with Crippen LogP contribution in [0.15, 0.2) is 48.5 Å². The normalized spacial score (nSPS) is 13.8. The minimum absolute atomic E-state index is 0.00806. The fourth-order valence-electron chi connectivity index (χ4n) is 3.31. The number of fused-ring (bicyclic) bond motifs is 2. The Hall–Kier alpha value is -3.41. The molecule has 2 heterocycles. The summed E-state index contributed by atoms with van der Waals surface area (Å²) in [6, 6.07) is 14.9. The van der Waals surface area contributed by atoms with Crippen LogP contribution in [0.2, 0.25) is 0 Å². The molecule has 3 aromatic rings. The highest BCUT2D eigenvalue weighted by atomic mass is 16.5. The first-order valence-electron chi connectivity index (χ1n) is 8.72. The third kappa shape index (κ3) is 3.21. The Balaban J connectivity index is 1.58. The van der Waals surface area contributed by atoms with E-state index in [1.54, 1.807) is 13.2 Å². The summed E-state index contributed by atoms with van der Waals surface area (Å²) in [6.07, 6.45) is 0.368. The lowest BCUT2D eigenvalue weighted by Crippen LogP contribution is -2.27. The van der Waals surface area contributed by atoms with E-state index in [-0.39, 0.29) is 17.9 Å². The second kappa shape index (κ2) is 6.72. The van der Waals surface area contributed by atoms with Gasteiger partial charge in [0.15, 0.2) is 0 Å². The lowest BCUT2D eigenvalue weighted by molar-refractivity contribution is -0.115. The topological polar surface area (TPSA) is 80.3 Å². The number of pyridine rings is 1. The second-order valence-electron chi connectivity index (χ2n) is 6.57. The first-order chi connectivity index (χ1) is 13.0. The van der Waals surface area contributed by atoms with Gasteiger partial charge in [-0.3, -0.25) is 9.59 Å². The van der Waals surface area contributed by atoms with Crippen LogP contribution >= 0.6 is 0 Å². The molecule has 136 valence electrons. The Morgan fingerprint density at radius 3 is 2.85 bits per heavy atom. The third-order valence-corrected chi connectivity index (χ3v) is 4.73. The quantitative estimate of drug-likeness (QED) is 0.748. The summed E-state index contributed by atoms with van der Waals surface area (Å²) >= 11 is 0. The molecule has 0 radical (unpaired) electrons. The van der Waals surface area contributed by atoms with Gasteiger partial charge in [0.25, 0.3) is 5.91 Å². The molecule has 2 N–H and O–H groups in total. The first kappa shape index (κ1) is 17.0. The molecule has 1 aromatic heterocycles. The van der Waals surface area contributed by atoms with Crippen LogP contribution in [0.4, 0.5) is 5.69 Å². The number of carbonyl (C=O) groups excluding carboxylic acids is 2. The molecular weight excluding hydrogens is 342 g/mol. The number of methoxy groups -OCH3 is 1. The Morgan fingerprint density at radius 2 is 2.04 bits per heavy atom. The zero-order valence-electron chi connectivity index (χ0n) is 15.1. The van der Waals surface area contributed by atoms with Gasteiger partial charge >= 0.3 is 0 Å². The Labute approximate surface area is 156 Å². The van der Waals surface area contributed by atoms with Crippen LogP contribution in [-0.2, 0) is 11.2 Å². The van der Waals surface area contributed by atoms with E-state index in [0.29, 0.717) is 18.0 Å². The van der Waals surface area contributed by atoms with Gasteiger partial charge in [-0.1, -0.05) is 30.3 Å². The highest BCUT2D eigenvalue weighted by Gasteiger charge is 2.20. The van der Waals surface area contributed by atoms with Crippen LogP contribution < -0.4 is 15.4 Å². The summed E-state index contributed by atoms with van der Waals surface area (Å²) in [4.78, 5) is 28.6. The number of hydrogen-bond acceptors (Lipinski definition) is 4. The molecule has 27 heavy (non-hydrogen) atoms. The molecule has 0 fully saturated rings. The molecule has 1 aliphatic heterocycles. The van der Waals surface area contributed by atoms with Crippen LogP contribution in [-0.4, -0.2) is 23.9 Å². The molecule has 2 aromatic carbocycles. The van der Waals surface area contributed by atoms with Crippen molar-refractivity contribution in [3.63, 3.8) is 0 Å². The molecule has 6 heteroatoms. The first-order valence-corrected chi connectivity index (χ1v) is 8.72. The fourth-order valence-corrected chi connectivity index (χ4v) is 3.31. The van der Waals surface area contributed by atoms with E-state index in [0.717, 1.165) is 27.6 Å². The van der Waals surface area contributed by atoms with Gasteiger partial charge in [0.2, 0.25) is 11.8 Å². The third-order valence-electron chi connectivity index (χ3n) is 4.73. The molecule has 0 spiro atoms. The van der Waals surface area contributed by atoms with E-state index < -0.39 is 0 Å². The van der Waals surface area contributed by atoms with Gasteiger partial charge < -0.3 is 15.4 Å². The van der Waals surface area contributed by atoms with Crippen molar-refractivity contribution >= 4 is 28.3 Å². The minimum Gasteiger partial charge on any atom is -0.481 e. The van der Waals surface area contributed by atoms with Crippen molar-refractivity contribution in [1.29, 1.82) is 0 Å². The predicted molar refractivity (Wildman–Crippen MR) is 103 cm³/mol. The van der Waals surface area contributed by atoms with Gasteiger partial charge in [-0.2, -0.15) is 0 Å². The molecule has 0 saturated carbocycles. The lowest BCUT2D eigenvalue weighted by Gasteiger charge is -2.16. The number of hydrogen-bond donors (Lipinski definition) is 2. The van der Waals surface area contributed by atoms with Gasteiger partial charge in [-0.05, 0) is 41.6 Å². The van der Waals surface area contributed by atoms with Gasteiger partial charge in [-0.15, -0.1) is 0 Å². The summed E-state index contributed by atoms with van der Waals surface area (Å²) in [7, 11) is 1.54. The number of ether oxygens (including phenoxy) is 1. The van der Waals surface area contributed by atoms with E-state index in [4.69, 9.17) is 4.74 Å². The Kier molecular flexibility index (Phi) is 4.24. The van der Waals surface area contributed by atoms with Crippen molar-refractivity contribution in [1.82, 2.24) is 10.3 Å². The van der Waals surface area contributed by atoms with E-state index in [1.807, 2.05) is 49.4 Å². The zero-order valence-corrected chi connectivity index (χ0v) is 15.1. The van der Waals surface area contributed by atoms with Crippen molar-refractivity contribution in [2.75, 3.05) is 12.4 Å². The van der Waals surface area contributed by atoms with Crippen molar-refractivity contribution in [3.05, 3.63) is 65.4 Å². The van der Waals surface area contributed by atoms with Crippen LogP contribution in [0.25, 0.3) is 10.8 Å². The molecule has 4 rings (SSSR count). The predicted octanol–water partition coefficient (Wildman–Crippen LogP) is 3.23. The van der Waals surface area contributed by atoms with Crippen molar-refractivity contribution in [3.8, 4) is 5.88 Å². The number of nitrogens with zero attached hydrogens (tertiary/aromatic N) is 1. The molecule has 1 atom stereocenters. The number of benzene rings is 2. The SMILES string of the molecule is COc1nc(C(=O)N[C@@H](C)c2ccc3c(c2)CC(=O)N3)cc2ccccc12. The van der Waals surface area contributed by atoms with E-state index in [9.17, 15) is 9.59 Å². The average molecular weight is 361 g/mol. The van der Waals surface area contributed by atoms with E-state index >= 15 is 0 Å². The minimum atomic E-state index is -0.277. The maximum Gasteiger partial charge on any atom is 0.270 e. The standard InChI is InChI=1S/C21H19N3O3/c1-12(13-7-8-17-15(9-13)11-19(25)23-17)22-20(26)18-10-14-5-3-4-6-16(14)21(24-18)27-2/h3-10,12H,11H2,1-2H3,(H,22,26)(H,23,25)/t12-/m0/s1. The highest BCUT2D eigenvalue weighted by Crippen LogP contribution is 2.27. The Bertz CT molecular complexity index is 1060. The van der Waals surface area contributed by atoms with Crippen LogP contribution in [0, 0.1) is 0 Å². The van der Waals surface area contributed by atoms with Gasteiger partial charge in [0.05, 0.1) is 19.6 Å². The number of carbonyl (C=O) groups is 2. The largest absolute Gasteiger partial charge is 0.481 e. The number of amides is 2. The summed E-state index contributed by atoms with van der Waals surface area (Å²) in [6.45, 7) is 1.90. The van der Waals surface area contributed by atoms with Gasteiger partial charge in [-0.25, -0.2) is 4.98 Å². The smallest absolute Gasteiger partial charge is 0.270 e. The van der Waals surface area contributed by atoms with Crippen molar-refractivity contribution in [2.45, 2.75) is 19.4 Å². The number of rotatable bonds is 4. The van der Waals surface area contributed by atoms with Crippen molar-refractivity contribution in [2.24, 2.45) is 0 Å². The van der Waals surface area contributed by atoms with Gasteiger partial charge in [0, 0.05) is 11.1 Å². The van der Waals surface area contributed by atoms with E-state index in [1.165, 1.54) is 0 Å². The van der Waals surface area contributed by atoms with Gasteiger partial charge in [0.1, 0.15) is 5.69 Å². The Morgan fingerprint density at radius 1 is 1.22 bits per heavy atom. The molecule has 0 unspecified atom stereocenters. The number of aromatic nitrogens is 1. The summed E-state index contributed by atoms with van der Waals surface area (Å²) in [5.41, 5.74) is 3.02. The van der Waals surface area contributed by atoms with E-state index in [2.05, 4.69) is 15.6 Å². The lowest BCUT2D eigenvalue weighted by atomic mass is 10.0. The van der Waals surface area contributed by atoms with Crippen LogP contribution in [0.3, 0.4) is 0 Å². The number of anilines is 1. The molecule has 0 bridgehead atoms. The van der Waals surface area contributed by atoms with Crippen molar-refractivity contribution < 1.29 is 14.3 Å². The monoisotopic (exact) mass is 361 g/mol. The average Bonchev–Trinajstić information content (AvgIpc) is 3.06. The van der Waals surface area contributed by atoms with Crippen LogP contribution in [0.1, 0.15) is 34.6 Å². The molecule has 1 aliphatic rings. The maximum atomic E-state index is 12.7. The second-order valence-corrected chi connectivity index (χ2v) is 6.57. The number of nitrogens with one attached hydrogen (secondary N) is 2. The fraction of sp³-hybridized carbons (Fsp3) is 0.190. The molecule has 0 aliphatic carbocycles. The zero-order chi connectivity index (χ0) is 19.0. The molecule has 2 amide bonds. The molecule has 6 nitrogen and oxygen atoms in total. The van der Waals surface area contributed by atoms with Crippen LogP contribution in [0.5, 0.6) is 5.88 Å². The molecular formula is C21H19N3O3. The summed E-state index contributed by atoms with van der Waals surface area (Å²) in [5.74, 6) is 0.139. The maximum absolute atomic E-state index is 12.7. The highest BCUT2D eigenvalue weighted by molar-refractivity contribution is 5.99. The summed E-state index contributed by atoms with van der Waals surface area (Å²) in [5, 5.41) is 7.53. The summed E-state index contributed by atoms with van der Waals surface area (Å²) < 4.78 is 5.34. The molecule has 0 saturated heterocycles.